The summed E-state index contributed by atoms with van der Waals surface area (Å²) < 4.78 is 6.28. The number of rotatable bonds is 2. The fourth-order valence-electron chi connectivity index (χ4n) is 4.94. The van der Waals surface area contributed by atoms with Crippen LogP contribution in [0.2, 0.25) is 6.82 Å². The van der Waals surface area contributed by atoms with Gasteiger partial charge < -0.3 is 14.2 Å². The molecule has 158 valence electrons. The third kappa shape index (κ3) is 2.59. The summed E-state index contributed by atoms with van der Waals surface area (Å²) in [5.74, 6) is 1.68. The van der Waals surface area contributed by atoms with Crippen molar-refractivity contribution in [3.05, 3.63) is 71.8 Å². The lowest BCUT2D eigenvalue weighted by atomic mass is 9.58. The van der Waals surface area contributed by atoms with Crippen LogP contribution >= 0.6 is 0 Å². The maximum Gasteiger partial charge on any atom is 0.353 e. The molecule has 0 aliphatic carbocycles. The van der Waals surface area contributed by atoms with Gasteiger partial charge in [-0.25, -0.2) is 15.0 Å². The Kier molecular flexibility index (Phi) is 4.05. The normalized spacial score (nSPS) is 17.6. The number of hydrogen-bond donors (Lipinski definition) is 0. The Bertz CT molecular complexity index is 1370. The van der Waals surface area contributed by atoms with Gasteiger partial charge in [0.1, 0.15) is 11.8 Å². The molecule has 0 radical (unpaired) electrons. The van der Waals surface area contributed by atoms with E-state index in [1.165, 1.54) is 0 Å². The van der Waals surface area contributed by atoms with E-state index in [-0.39, 0.29) is 13.0 Å². The monoisotopic (exact) mass is 422 g/mol. The molecule has 8 heteroatoms. The SMILES string of the molecule is CB1c2oc3nc(C)ccc3c2C=C(C)N1N1c2nccnc2N(c2ccccc2)[C@@H]1C. The lowest BCUT2D eigenvalue weighted by molar-refractivity contribution is 0.436. The Labute approximate surface area is 187 Å². The van der Waals surface area contributed by atoms with Gasteiger partial charge in [-0.05, 0) is 51.1 Å². The number of hydrogen-bond acceptors (Lipinski definition) is 7. The summed E-state index contributed by atoms with van der Waals surface area (Å²) in [6.45, 7) is 8.43. The minimum absolute atomic E-state index is 0.0214. The smallest absolute Gasteiger partial charge is 0.353 e. The molecule has 5 heterocycles. The van der Waals surface area contributed by atoms with Gasteiger partial charge in [0.2, 0.25) is 5.71 Å². The number of allylic oxidation sites excluding steroid dienone is 1. The Morgan fingerprint density at radius 2 is 1.72 bits per heavy atom. The van der Waals surface area contributed by atoms with Gasteiger partial charge >= 0.3 is 6.85 Å². The van der Waals surface area contributed by atoms with E-state index in [0.29, 0.717) is 5.71 Å². The molecule has 0 fully saturated rings. The molecule has 0 N–H and O–H groups in total. The fourth-order valence-corrected chi connectivity index (χ4v) is 4.94. The fraction of sp³-hybridized carbons (Fsp3) is 0.208. The van der Waals surface area contributed by atoms with E-state index in [2.05, 4.69) is 64.8 Å². The van der Waals surface area contributed by atoms with Gasteiger partial charge in [0.15, 0.2) is 11.6 Å². The van der Waals surface area contributed by atoms with Crippen LogP contribution in [0.15, 0.2) is 65.0 Å². The summed E-state index contributed by atoms with van der Waals surface area (Å²) in [7, 11) is 0. The summed E-state index contributed by atoms with van der Waals surface area (Å²) in [5.41, 5.74) is 5.86. The van der Waals surface area contributed by atoms with Crippen LogP contribution in [-0.4, -0.2) is 32.9 Å². The highest BCUT2D eigenvalue weighted by atomic mass is 16.3. The first-order valence-electron chi connectivity index (χ1n) is 10.9. The summed E-state index contributed by atoms with van der Waals surface area (Å²) >= 11 is 0. The molecule has 4 aromatic rings. The van der Waals surface area contributed by atoms with Gasteiger partial charge in [0, 0.05) is 40.4 Å². The molecule has 0 amide bonds. The van der Waals surface area contributed by atoms with Crippen molar-refractivity contribution in [1.82, 2.24) is 19.9 Å². The number of para-hydroxylation sites is 1. The van der Waals surface area contributed by atoms with Crippen molar-refractivity contribution in [2.45, 2.75) is 33.8 Å². The number of benzene rings is 1. The highest BCUT2D eigenvalue weighted by Gasteiger charge is 2.45. The second kappa shape index (κ2) is 6.85. The minimum Gasteiger partial charge on any atom is -0.450 e. The van der Waals surface area contributed by atoms with E-state index >= 15 is 0 Å². The van der Waals surface area contributed by atoms with Gasteiger partial charge in [-0.2, -0.15) is 0 Å². The van der Waals surface area contributed by atoms with Crippen molar-refractivity contribution in [3.63, 3.8) is 0 Å². The van der Waals surface area contributed by atoms with Crippen LogP contribution in [0.3, 0.4) is 0 Å². The lowest BCUT2D eigenvalue weighted by Gasteiger charge is -2.43. The van der Waals surface area contributed by atoms with Crippen LogP contribution in [0.5, 0.6) is 0 Å². The predicted octanol–water partition coefficient (Wildman–Crippen LogP) is 4.35. The first-order chi connectivity index (χ1) is 15.5. The Hall–Kier alpha value is -3.81. The number of fused-ring (bicyclic) bond motifs is 4. The van der Waals surface area contributed by atoms with Gasteiger partial charge in [-0.1, -0.05) is 25.0 Å². The van der Waals surface area contributed by atoms with Crippen molar-refractivity contribution in [2.75, 3.05) is 9.91 Å². The molecule has 0 saturated carbocycles. The quantitative estimate of drug-likeness (QED) is 0.445. The molecule has 1 aromatic carbocycles. The molecular weight excluding hydrogens is 399 g/mol. The molecule has 3 aromatic heterocycles. The average Bonchev–Trinajstić information content (AvgIpc) is 3.29. The molecule has 1 atom stereocenters. The molecule has 0 unspecified atom stereocenters. The zero-order valence-corrected chi connectivity index (χ0v) is 18.5. The van der Waals surface area contributed by atoms with E-state index in [9.17, 15) is 0 Å². The maximum absolute atomic E-state index is 6.28. The van der Waals surface area contributed by atoms with E-state index in [1.807, 2.05) is 31.2 Å². The highest BCUT2D eigenvalue weighted by Crippen LogP contribution is 2.43. The lowest BCUT2D eigenvalue weighted by Crippen LogP contribution is -2.59. The van der Waals surface area contributed by atoms with Crippen molar-refractivity contribution < 1.29 is 4.42 Å². The number of aromatic nitrogens is 3. The molecule has 32 heavy (non-hydrogen) atoms. The molecule has 2 aliphatic rings. The van der Waals surface area contributed by atoms with E-state index in [1.54, 1.807) is 12.4 Å². The van der Waals surface area contributed by atoms with Crippen molar-refractivity contribution in [2.24, 2.45) is 0 Å². The van der Waals surface area contributed by atoms with Gasteiger partial charge in [-0.3, -0.25) is 5.01 Å². The molecule has 0 bridgehead atoms. The van der Waals surface area contributed by atoms with Crippen LogP contribution in [0, 0.1) is 6.92 Å². The zero-order valence-electron chi connectivity index (χ0n) is 18.5. The second-order valence-electron chi connectivity index (χ2n) is 8.38. The number of anilines is 3. The molecule has 0 saturated heterocycles. The van der Waals surface area contributed by atoms with Crippen LogP contribution in [-0.2, 0) is 0 Å². The van der Waals surface area contributed by atoms with Crippen LogP contribution in [0.1, 0.15) is 25.1 Å². The summed E-state index contributed by atoms with van der Waals surface area (Å²) in [6.07, 6.45) is 5.66. The van der Waals surface area contributed by atoms with E-state index in [4.69, 9.17) is 14.4 Å². The summed E-state index contributed by atoms with van der Waals surface area (Å²) in [4.78, 5) is 18.5. The Balaban J connectivity index is 1.48. The number of hydrazine groups is 1. The Morgan fingerprint density at radius 3 is 2.50 bits per heavy atom. The van der Waals surface area contributed by atoms with Crippen molar-refractivity contribution in [1.29, 1.82) is 0 Å². The highest BCUT2D eigenvalue weighted by molar-refractivity contribution is 6.70. The standard InChI is InChI=1S/C24H23BN6O/c1-15-10-11-19-20-14-16(2)31(25(4)21(20)32-24(19)28-15)30-17(3)29(18-8-6-5-7-9-18)22-23(30)27-13-12-26-22/h5-14,17H,1-4H3/t17-/m0/s1. The summed E-state index contributed by atoms with van der Waals surface area (Å²) in [5, 5.41) is 3.28. The van der Waals surface area contributed by atoms with Gasteiger partial charge in [0.25, 0.3) is 0 Å². The van der Waals surface area contributed by atoms with Gasteiger partial charge in [0.05, 0.1) is 0 Å². The third-order valence-electron chi connectivity index (χ3n) is 6.32. The predicted molar refractivity (Wildman–Crippen MR) is 128 cm³/mol. The number of aryl methyl sites for hydroxylation is 1. The first-order valence-corrected chi connectivity index (χ1v) is 10.9. The van der Waals surface area contributed by atoms with E-state index < -0.39 is 0 Å². The topological polar surface area (TPSA) is 61.5 Å². The van der Waals surface area contributed by atoms with Crippen LogP contribution < -0.4 is 15.6 Å². The summed E-state index contributed by atoms with van der Waals surface area (Å²) in [6, 6.07) is 14.5. The molecule has 7 nitrogen and oxygen atoms in total. The molecule has 6 rings (SSSR count). The van der Waals surface area contributed by atoms with Crippen molar-refractivity contribution in [3.8, 4) is 0 Å². The Morgan fingerprint density at radius 1 is 0.969 bits per heavy atom. The van der Waals surface area contributed by atoms with Crippen molar-refractivity contribution >= 4 is 47.0 Å². The maximum atomic E-state index is 6.28. The van der Waals surface area contributed by atoms with E-state index in [0.717, 1.165) is 45.3 Å². The van der Waals surface area contributed by atoms with Gasteiger partial charge in [-0.15, -0.1) is 0 Å². The third-order valence-corrected chi connectivity index (χ3v) is 6.32. The minimum atomic E-state index is -0.0301. The first kappa shape index (κ1) is 18.9. The van der Waals surface area contributed by atoms with Crippen LogP contribution in [0.4, 0.5) is 17.3 Å². The number of pyridine rings is 1. The molecule has 0 spiro atoms. The number of furan rings is 1. The zero-order chi connectivity index (χ0) is 22.0. The molecular formula is C24H23BN6O. The molecule has 2 aliphatic heterocycles. The average molecular weight is 422 g/mol. The van der Waals surface area contributed by atoms with Crippen LogP contribution in [0.25, 0.3) is 17.2 Å². The number of nitrogens with zero attached hydrogens (tertiary/aromatic N) is 6. The largest absolute Gasteiger partial charge is 0.450 e. The second-order valence-corrected chi connectivity index (χ2v) is 8.38.